The molecule has 3 heterocycles. The van der Waals surface area contributed by atoms with E-state index in [1.54, 1.807) is 0 Å². The minimum atomic E-state index is 0.227. The van der Waals surface area contributed by atoms with Gasteiger partial charge in [-0.25, -0.2) is 0 Å². The summed E-state index contributed by atoms with van der Waals surface area (Å²) in [5, 5.41) is 2.14. The standard InChI is InChI=1S/C22H29N3OS/c26-22(20-8-10-23(11-9-20)18-21-7-4-16-27-21)25-14-12-24(13-15-25)17-19-5-2-1-3-6-19/h1-7,16,20H,8-15,17-18H2. The monoisotopic (exact) mass is 383 g/mol. The van der Waals surface area contributed by atoms with Gasteiger partial charge in [0.1, 0.15) is 0 Å². The van der Waals surface area contributed by atoms with Crippen LogP contribution in [0.3, 0.4) is 0 Å². The van der Waals surface area contributed by atoms with Gasteiger partial charge >= 0.3 is 0 Å². The van der Waals surface area contributed by atoms with Gasteiger partial charge in [-0.1, -0.05) is 36.4 Å². The second kappa shape index (κ2) is 9.00. The number of nitrogens with zero attached hydrogens (tertiary/aromatic N) is 3. The van der Waals surface area contributed by atoms with E-state index in [0.717, 1.165) is 65.2 Å². The predicted octanol–water partition coefficient (Wildman–Crippen LogP) is 3.30. The second-order valence-corrected chi connectivity index (χ2v) is 8.75. The molecule has 0 unspecified atom stereocenters. The summed E-state index contributed by atoms with van der Waals surface area (Å²) in [6, 6.07) is 14.9. The van der Waals surface area contributed by atoms with E-state index in [9.17, 15) is 4.79 Å². The Bertz CT molecular complexity index is 702. The van der Waals surface area contributed by atoms with Crippen molar-refractivity contribution in [2.45, 2.75) is 25.9 Å². The highest BCUT2D eigenvalue weighted by molar-refractivity contribution is 7.09. The first-order chi connectivity index (χ1) is 13.3. The number of likely N-dealkylation sites (tertiary alicyclic amines) is 1. The topological polar surface area (TPSA) is 26.8 Å². The molecular formula is C22H29N3OS. The number of thiophene rings is 1. The fourth-order valence-electron chi connectivity index (χ4n) is 4.19. The van der Waals surface area contributed by atoms with Gasteiger partial charge in [0.05, 0.1) is 0 Å². The van der Waals surface area contributed by atoms with Crippen LogP contribution in [0, 0.1) is 5.92 Å². The molecule has 1 amide bonds. The van der Waals surface area contributed by atoms with E-state index < -0.39 is 0 Å². The molecule has 2 aliphatic heterocycles. The number of hydrogen-bond acceptors (Lipinski definition) is 4. The number of hydrogen-bond donors (Lipinski definition) is 0. The van der Waals surface area contributed by atoms with Crippen LogP contribution >= 0.6 is 11.3 Å². The zero-order valence-corrected chi connectivity index (χ0v) is 16.7. The van der Waals surface area contributed by atoms with Crippen LogP contribution in [0.15, 0.2) is 47.8 Å². The summed E-state index contributed by atoms with van der Waals surface area (Å²) >= 11 is 1.83. The molecule has 4 nitrogen and oxygen atoms in total. The molecule has 0 radical (unpaired) electrons. The quantitative estimate of drug-likeness (QED) is 0.793. The third-order valence-corrected chi connectivity index (χ3v) is 6.69. The lowest BCUT2D eigenvalue weighted by atomic mass is 9.95. The highest BCUT2D eigenvalue weighted by Crippen LogP contribution is 2.23. The molecule has 0 atom stereocenters. The Hall–Kier alpha value is -1.69. The van der Waals surface area contributed by atoms with Gasteiger partial charge in [-0.15, -0.1) is 11.3 Å². The fraction of sp³-hybridized carbons (Fsp3) is 0.500. The van der Waals surface area contributed by atoms with E-state index in [1.165, 1.54) is 10.4 Å². The molecule has 0 spiro atoms. The molecule has 2 aliphatic rings. The molecule has 0 saturated carbocycles. The van der Waals surface area contributed by atoms with Crippen LogP contribution < -0.4 is 0 Å². The lowest BCUT2D eigenvalue weighted by Crippen LogP contribution is -2.51. The van der Waals surface area contributed by atoms with Gasteiger partial charge < -0.3 is 4.90 Å². The number of piperidine rings is 1. The van der Waals surface area contributed by atoms with E-state index in [4.69, 9.17) is 0 Å². The normalized spacial score (nSPS) is 20.1. The first-order valence-electron chi connectivity index (χ1n) is 10.1. The summed E-state index contributed by atoms with van der Waals surface area (Å²) in [5.41, 5.74) is 1.36. The van der Waals surface area contributed by atoms with E-state index in [1.807, 2.05) is 11.3 Å². The number of carbonyl (C=O) groups excluding carboxylic acids is 1. The zero-order valence-electron chi connectivity index (χ0n) is 15.9. The molecule has 0 bridgehead atoms. The van der Waals surface area contributed by atoms with Crippen molar-refractivity contribution in [3.8, 4) is 0 Å². The molecule has 1 aromatic carbocycles. The van der Waals surface area contributed by atoms with Crippen molar-refractivity contribution in [3.05, 3.63) is 58.3 Å². The van der Waals surface area contributed by atoms with Crippen molar-refractivity contribution in [1.82, 2.24) is 14.7 Å². The van der Waals surface area contributed by atoms with Gasteiger partial charge in [0, 0.05) is 50.1 Å². The lowest BCUT2D eigenvalue weighted by molar-refractivity contribution is -0.139. The average Bonchev–Trinajstić information content (AvgIpc) is 3.22. The predicted molar refractivity (Wildman–Crippen MR) is 111 cm³/mol. The maximum atomic E-state index is 12.9. The second-order valence-electron chi connectivity index (χ2n) is 7.72. The highest BCUT2D eigenvalue weighted by atomic mass is 32.1. The van der Waals surface area contributed by atoms with Crippen molar-refractivity contribution in [2.75, 3.05) is 39.3 Å². The average molecular weight is 384 g/mol. The van der Waals surface area contributed by atoms with Crippen LogP contribution in [0.5, 0.6) is 0 Å². The van der Waals surface area contributed by atoms with Gasteiger partial charge in [0.25, 0.3) is 0 Å². The van der Waals surface area contributed by atoms with Crippen LogP contribution in [-0.2, 0) is 17.9 Å². The summed E-state index contributed by atoms with van der Waals surface area (Å²) in [7, 11) is 0. The number of piperazine rings is 1. The first-order valence-corrected chi connectivity index (χ1v) is 11.0. The number of rotatable bonds is 5. The molecule has 2 aromatic rings. The van der Waals surface area contributed by atoms with Crippen molar-refractivity contribution in [3.63, 3.8) is 0 Å². The van der Waals surface area contributed by atoms with Crippen LogP contribution in [-0.4, -0.2) is 59.9 Å². The maximum Gasteiger partial charge on any atom is 0.225 e. The summed E-state index contributed by atoms with van der Waals surface area (Å²) < 4.78 is 0. The van der Waals surface area contributed by atoms with Crippen molar-refractivity contribution in [2.24, 2.45) is 5.92 Å². The third-order valence-electron chi connectivity index (χ3n) is 5.83. The van der Waals surface area contributed by atoms with Gasteiger partial charge in [-0.05, 0) is 42.9 Å². The summed E-state index contributed by atoms with van der Waals surface area (Å²) in [4.78, 5) is 21.4. The van der Waals surface area contributed by atoms with Crippen molar-refractivity contribution < 1.29 is 4.79 Å². The minimum absolute atomic E-state index is 0.227. The SMILES string of the molecule is O=C(C1CCN(Cc2cccs2)CC1)N1CCN(Cc2ccccc2)CC1. The van der Waals surface area contributed by atoms with Crippen molar-refractivity contribution >= 4 is 17.2 Å². The van der Waals surface area contributed by atoms with E-state index in [2.05, 4.69) is 62.5 Å². The Morgan fingerprint density at radius 1 is 0.852 bits per heavy atom. The first kappa shape index (κ1) is 18.7. The smallest absolute Gasteiger partial charge is 0.225 e. The van der Waals surface area contributed by atoms with Gasteiger partial charge in [0.15, 0.2) is 0 Å². The lowest BCUT2D eigenvalue weighted by Gasteiger charge is -2.38. The Morgan fingerprint density at radius 3 is 2.22 bits per heavy atom. The van der Waals surface area contributed by atoms with Gasteiger partial charge in [-0.2, -0.15) is 0 Å². The van der Waals surface area contributed by atoms with E-state index >= 15 is 0 Å². The number of benzene rings is 1. The largest absolute Gasteiger partial charge is 0.340 e. The molecular weight excluding hydrogens is 354 g/mol. The summed E-state index contributed by atoms with van der Waals surface area (Å²) in [6.07, 6.45) is 2.02. The zero-order chi connectivity index (χ0) is 18.5. The Morgan fingerprint density at radius 2 is 1.56 bits per heavy atom. The molecule has 0 N–H and O–H groups in total. The summed E-state index contributed by atoms with van der Waals surface area (Å²) in [6.45, 7) is 7.84. The maximum absolute atomic E-state index is 12.9. The molecule has 144 valence electrons. The van der Waals surface area contributed by atoms with Crippen molar-refractivity contribution in [1.29, 1.82) is 0 Å². The number of carbonyl (C=O) groups is 1. The molecule has 1 aromatic heterocycles. The third kappa shape index (κ3) is 4.98. The van der Waals surface area contributed by atoms with Crippen LogP contribution in [0.1, 0.15) is 23.3 Å². The molecule has 5 heteroatoms. The highest BCUT2D eigenvalue weighted by Gasteiger charge is 2.30. The fourth-order valence-corrected chi connectivity index (χ4v) is 4.93. The summed E-state index contributed by atoms with van der Waals surface area (Å²) in [5.74, 6) is 0.621. The number of amides is 1. The molecule has 0 aliphatic carbocycles. The van der Waals surface area contributed by atoms with E-state index in [-0.39, 0.29) is 5.92 Å². The molecule has 2 saturated heterocycles. The van der Waals surface area contributed by atoms with Crippen LogP contribution in [0.2, 0.25) is 0 Å². The van der Waals surface area contributed by atoms with Crippen LogP contribution in [0.25, 0.3) is 0 Å². The van der Waals surface area contributed by atoms with Crippen LogP contribution in [0.4, 0.5) is 0 Å². The van der Waals surface area contributed by atoms with E-state index in [0.29, 0.717) is 5.91 Å². The molecule has 2 fully saturated rings. The van der Waals surface area contributed by atoms with Gasteiger partial charge in [0.2, 0.25) is 5.91 Å². The molecule has 27 heavy (non-hydrogen) atoms. The van der Waals surface area contributed by atoms with Gasteiger partial charge in [-0.3, -0.25) is 14.6 Å². The Labute approximate surface area is 166 Å². The minimum Gasteiger partial charge on any atom is -0.340 e. The Kier molecular flexibility index (Phi) is 6.22. The Balaban J connectivity index is 1.20. The molecule has 4 rings (SSSR count).